The summed E-state index contributed by atoms with van der Waals surface area (Å²) in [4.78, 5) is 18.0. The number of carbonyl (C=O) groups is 1. The van der Waals surface area contributed by atoms with Crippen molar-refractivity contribution in [3.63, 3.8) is 0 Å². The smallest absolute Gasteiger partial charge is 0.254 e. The minimum Gasteiger partial charge on any atom is -0.335 e. The van der Waals surface area contributed by atoms with Crippen molar-refractivity contribution in [1.29, 1.82) is 0 Å². The topological polar surface area (TPSA) is 33.2 Å². The van der Waals surface area contributed by atoms with Gasteiger partial charge in [0.2, 0.25) is 0 Å². The highest BCUT2D eigenvalue weighted by atomic mass is 16.2. The van der Waals surface area contributed by atoms with E-state index in [9.17, 15) is 4.79 Å². The van der Waals surface area contributed by atoms with Gasteiger partial charge >= 0.3 is 0 Å². The third kappa shape index (κ3) is 3.79. The minimum absolute atomic E-state index is 0.0348. The Kier molecular flexibility index (Phi) is 5.07. The fourth-order valence-corrected chi connectivity index (χ4v) is 1.91. The van der Waals surface area contributed by atoms with E-state index in [-0.39, 0.29) is 5.91 Å². The molecule has 0 atom stereocenters. The van der Waals surface area contributed by atoms with E-state index in [1.165, 1.54) is 0 Å². The molecule has 0 unspecified atom stereocenters. The van der Waals surface area contributed by atoms with Gasteiger partial charge in [0.05, 0.1) is 0 Å². The number of hydrogen-bond donors (Lipinski definition) is 0. The molecule has 0 spiro atoms. The van der Waals surface area contributed by atoms with Crippen molar-refractivity contribution >= 4 is 12.0 Å². The molecule has 3 heteroatoms. The molecule has 0 aliphatic carbocycles. The second-order valence-corrected chi connectivity index (χ2v) is 4.39. The minimum atomic E-state index is 0.0348. The van der Waals surface area contributed by atoms with Gasteiger partial charge in [-0.3, -0.25) is 9.78 Å². The first-order valence-corrected chi connectivity index (χ1v) is 6.72. The molecule has 0 bridgehead atoms. The number of amides is 1. The zero-order valence-corrected chi connectivity index (χ0v) is 11.6. The molecular weight excluding hydrogens is 248 g/mol. The predicted octanol–water partition coefficient (Wildman–Crippen LogP) is 3.26. The lowest BCUT2D eigenvalue weighted by Gasteiger charge is -2.18. The van der Waals surface area contributed by atoms with E-state index in [0.717, 1.165) is 5.56 Å². The van der Waals surface area contributed by atoms with Crippen molar-refractivity contribution in [2.45, 2.75) is 6.92 Å². The highest BCUT2D eigenvalue weighted by Crippen LogP contribution is 2.05. The summed E-state index contributed by atoms with van der Waals surface area (Å²) < 4.78 is 0. The van der Waals surface area contributed by atoms with E-state index in [2.05, 4.69) is 4.98 Å². The van der Waals surface area contributed by atoms with E-state index in [4.69, 9.17) is 0 Å². The molecule has 1 aromatic carbocycles. The van der Waals surface area contributed by atoms with Gasteiger partial charge in [-0.25, -0.2) is 0 Å². The third-order valence-electron chi connectivity index (χ3n) is 3.03. The van der Waals surface area contributed by atoms with Crippen LogP contribution in [0, 0.1) is 0 Å². The lowest BCUT2D eigenvalue weighted by atomic mass is 10.2. The number of pyridine rings is 1. The van der Waals surface area contributed by atoms with Crippen molar-refractivity contribution in [2.24, 2.45) is 0 Å². The fraction of sp³-hybridized carbons (Fsp3) is 0.176. The van der Waals surface area contributed by atoms with E-state index in [0.29, 0.717) is 18.7 Å². The van der Waals surface area contributed by atoms with Gasteiger partial charge in [0.1, 0.15) is 0 Å². The summed E-state index contributed by atoms with van der Waals surface area (Å²) in [6.45, 7) is 3.27. The SMILES string of the molecule is CCN(CC=Cc1ccccc1)C(=O)c1ccncc1. The standard InChI is InChI=1S/C17H18N2O/c1-2-19(17(20)16-10-12-18-13-11-16)14-6-9-15-7-4-3-5-8-15/h3-13H,2,14H2,1H3. The average molecular weight is 266 g/mol. The van der Waals surface area contributed by atoms with E-state index < -0.39 is 0 Å². The first kappa shape index (κ1) is 14.0. The highest BCUT2D eigenvalue weighted by molar-refractivity contribution is 5.94. The molecule has 0 radical (unpaired) electrons. The van der Waals surface area contributed by atoms with Gasteiger partial charge in [-0.1, -0.05) is 42.5 Å². The summed E-state index contributed by atoms with van der Waals surface area (Å²) in [7, 11) is 0. The van der Waals surface area contributed by atoms with Gasteiger partial charge in [0.25, 0.3) is 5.91 Å². The van der Waals surface area contributed by atoms with Crippen molar-refractivity contribution in [1.82, 2.24) is 9.88 Å². The highest BCUT2D eigenvalue weighted by Gasteiger charge is 2.11. The van der Waals surface area contributed by atoms with E-state index in [1.54, 1.807) is 29.4 Å². The van der Waals surface area contributed by atoms with Crippen LogP contribution in [0.2, 0.25) is 0 Å². The summed E-state index contributed by atoms with van der Waals surface area (Å²) in [6, 6.07) is 13.5. The van der Waals surface area contributed by atoms with Gasteiger partial charge in [-0.2, -0.15) is 0 Å². The van der Waals surface area contributed by atoms with Crippen LogP contribution in [0.4, 0.5) is 0 Å². The summed E-state index contributed by atoms with van der Waals surface area (Å²) in [5.41, 5.74) is 1.81. The maximum absolute atomic E-state index is 12.3. The number of carbonyl (C=O) groups excluding carboxylic acids is 1. The number of likely N-dealkylation sites (N-methyl/N-ethyl adjacent to an activating group) is 1. The summed E-state index contributed by atoms with van der Waals surface area (Å²) >= 11 is 0. The molecule has 2 rings (SSSR count). The Hall–Kier alpha value is -2.42. The molecule has 2 aromatic rings. The molecular formula is C17H18N2O. The normalized spacial score (nSPS) is 10.7. The molecule has 1 heterocycles. The van der Waals surface area contributed by atoms with E-state index >= 15 is 0 Å². The van der Waals surface area contributed by atoms with Gasteiger partial charge in [-0.05, 0) is 24.6 Å². The van der Waals surface area contributed by atoms with Gasteiger partial charge in [0, 0.05) is 31.0 Å². The van der Waals surface area contributed by atoms with Crippen LogP contribution < -0.4 is 0 Å². The van der Waals surface area contributed by atoms with Crippen molar-refractivity contribution in [3.8, 4) is 0 Å². The predicted molar refractivity (Wildman–Crippen MR) is 81.3 cm³/mol. The fourth-order valence-electron chi connectivity index (χ4n) is 1.91. The van der Waals surface area contributed by atoms with Crippen LogP contribution in [0.5, 0.6) is 0 Å². The first-order valence-electron chi connectivity index (χ1n) is 6.72. The van der Waals surface area contributed by atoms with E-state index in [1.807, 2.05) is 49.4 Å². The Bertz CT molecular complexity index is 564. The van der Waals surface area contributed by atoms with Crippen molar-refractivity contribution in [2.75, 3.05) is 13.1 Å². The Labute approximate surface area is 119 Å². The van der Waals surface area contributed by atoms with Crippen LogP contribution in [0.15, 0.2) is 60.9 Å². The van der Waals surface area contributed by atoms with Crippen LogP contribution in [0.1, 0.15) is 22.8 Å². The molecule has 20 heavy (non-hydrogen) atoms. The van der Waals surface area contributed by atoms with Crippen LogP contribution in [0.3, 0.4) is 0 Å². The van der Waals surface area contributed by atoms with Crippen LogP contribution in [-0.4, -0.2) is 28.9 Å². The lowest BCUT2D eigenvalue weighted by Crippen LogP contribution is -2.30. The molecule has 0 saturated carbocycles. The Balaban J connectivity index is 1.99. The zero-order valence-electron chi connectivity index (χ0n) is 11.6. The summed E-state index contributed by atoms with van der Waals surface area (Å²) in [5, 5.41) is 0. The number of rotatable bonds is 5. The second-order valence-electron chi connectivity index (χ2n) is 4.39. The zero-order chi connectivity index (χ0) is 14.2. The maximum atomic E-state index is 12.3. The number of nitrogens with zero attached hydrogens (tertiary/aromatic N) is 2. The Morgan fingerprint density at radius 3 is 2.50 bits per heavy atom. The second kappa shape index (κ2) is 7.24. The molecule has 1 aromatic heterocycles. The van der Waals surface area contributed by atoms with Crippen LogP contribution >= 0.6 is 0 Å². The van der Waals surface area contributed by atoms with Crippen molar-refractivity contribution < 1.29 is 4.79 Å². The molecule has 0 fully saturated rings. The first-order chi connectivity index (χ1) is 9.81. The monoisotopic (exact) mass is 266 g/mol. The van der Waals surface area contributed by atoms with Crippen LogP contribution in [0.25, 0.3) is 6.08 Å². The molecule has 1 amide bonds. The van der Waals surface area contributed by atoms with Crippen LogP contribution in [-0.2, 0) is 0 Å². The van der Waals surface area contributed by atoms with Crippen molar-refractivity contribution in [3.05, 3.63) is 72.1 Å². The average Bonchev–Trinajstić information content (AvgIpc) is 2.53. The summed E-state index contributed by atoms with van der Waals surface area (Å²) in [5.74, 6) is 0.0348. The number of aromatic nitrogens is 1. The maximum Gasteiger partial charge on any atom is 0.254 e. The quantitative estimate of drug-likeness (QED) is 0.832. The van der Waals surface area contributed by atoms with Gasteiger partial charge < -0.3 is 4.90 Å². The molecule has 0 saturated heterocycles. The Morgan fingerprint density at radius 1 is 1.15 bits per heavy atom. The Morgan fingerprint density at radius 2 is 1.85 bits per heavy atom. The molecule has 0 aliphatic rings. The number of hydrogen-bond acceptors (Lipinski definition) is 2. The summed E-state index contributed by atoms with van der Waals surface area (Å²) in [6.07, 6.45) is 7.32. The third-order valence-corrected chi connectivity index (χ3v) is 3.03. The molecule has 0 N–H and O–H groups in total. The largest absolute Gasteiger partial charge is 0.335 e. The molecule has 0 aliphatic heterocycles. The number of benzene rings is 1. The van der Waals surface area contributed by atoms with Gasteiger partial charge in [-0.15, -0.1) is 0 Å². The lowest BCUT2D eigenvalue weighted by molar-refractivity contribution is 0.0782. The molecule has 102 valence electrons. The van der Waals surface area contributed by atoms with Gasteiger partial charge in [0.15, 0.2) is 0 Å². The molecule has 3 nitrogen and oxygen atoms in total.